The molecule has 9 N–H and O–H groups in total. The molecule has 22 nitrogen and oxygen atoms in total. The Morgan fingerprint density at radius 3 is 2.26 bits per heavy atom. The third kappa shape index (κ3) is 16.8. The number of urea groups is 1. The van der Waals surface area contributed by atoms with Gasteiger partial charge < -0.3 is 52.6 Å². The van der Waals surface area contributed by atoms with Crippen molar-refractivity contribution in [1.82, 2.24) is 35.6 Å². The van der Waals surface area contributed by atoms with E-state index in [0.29, 0.717) is 84.6 Å². The second kappa shape index (κ2) is 27.9. The third-order valence-electron chi connectivity index (χ3n) is 13.0. The number of amidine groups is 1. The van der Waals surface area contributed by atoms with Gasteiger partial charge in [0, 0.05) is 92.2 Å². The lowest BCUT2D eigenvalue weighted by Gasteiger charge is -2.28. The lowest BCUT2D eigenvalue weighted by atomic mass is 10.0. The molecule has 2 atom stereocenters. The molecule has 0 spiro atoms. The highest BCUT2D eigenvalue weighted by Gasteiger charge is 2.30. The van der Waals surface area contributed by atoms with Gasteiger partial charge in [-0.15, -0.1) is 0 Å². The topological polar surface area (TPSA) is 310 Å². The van der Waals surface area contributed by atoms with Crippen LogP contribution in [-0.2, 0) is 53.1 Å². The van der Waals surface area contributed by atoms with Crippen molar-refractivity contribution in [3.63, 3.8) is 0 Å². The number of nitrogens with two attached hydrogens (primary N) is 2. The van der Waals surface area contributed by atoms with Gasteiger partial charge in [-0.1, -0.05) is 52.3 Å². The first kappa shape index (κ1) is 57.8. The normalized spacial score (nSPS) is 14.5. The van der Waals surface area contributed by atoms with Gasteiger partial charge in [-0.2, -0.15) is 0 Å². The summed E-state index contributed by atoms with van der Waals surface area (Å²) in [6.07, 6.45) is 9.66. The van der Waals surface area contributed by atoms with Crippen molar-refractivity contribution in [3.8, 4) is 0 Å². The highest BCUT2D eigenvalue weighted by Crippen LogP contribution is 2.30. The van der Waals surface area contributed by atoms with Crippen LogP contribution in [0.5, 0.6) is 0 Å². The number of amides is 10. The molecule has 77 heavy (non-hydrogen) atoms. The van der Waals surface area contributed by atoms with Gasteiger partial charge in [0.15, 0.2) is 0 Å². The van der Waals surface area contributed by atoms with Crippen molar-refractivity contribution in [2.45, 2.75) is 117 Å². The highest BCUT2D eigenvalue weighted by molar-refractivity contribution is 6.13. The maximum absolute atomic E-state index is 13.7. The molecule has 2 aromatic carbocycles. The van der Waals surface area contributed by atoms with Crippen molar-refractivity contribution < 1.29 is 47.9 Å². The molecule has 10 amide bonds. The van der Waals surface area contributed by atoms with Gasteiger partial charge in [-0.05, 0) is 92.0 Å². The van der Waals surface area contributed by atoms with Gasteiger partial charge in [0.1, 0.15) is 24.5 Å². The number of carbonyl (C=O) groups excluding carboxylic acids is 9. The average molecular weight is 1060 g/mol. The Morgan fingerprint density at radius 1 is 0.844 bits per heavy atom. The first-order valence-corrected chi connectivity index (χ1v) is 26.2. The Labute approximate surface area is 447 Å². The van der Waals surface area contributed by atoms with Gasteiger partial charge in [0.2, 0.25) is 23.6 Å². The van der Waals surface area contributed by atoms with E-state index in [1.165, 1.54) is 12.2 Å². The standard InChI is InChI=1S/C55H70N12O10/c1-5-23-65(24-6-2)53(74)38-27-36-15-16-37(29-44(36)62-45(56)30-38)50(71)61-41-28-39-32-66(26-21-42(39)59-31-41)55(76)77-33-35-13-17-40(18-14-35)60-51(72)43(11-10-22-58-54(57)75)63-52(73)49(34(3)4)64-46(68)12-8-7-9-25-67-47(69)19-20-48(67)70/h13-20,27-29,31,34,43,49H,5-12,21-26,30,32-33H2,1-4H3,(H2,56,62)(H,60,72)(H,61,71)(H,63,73)(H,64,68)(H3,57,58,75). The summed E-state index contributed by atoms with van der Waals surface area (Å²) in [6.45, 7) is 9.74. The Hall–Kier alpha value is -8.43. The minimum Gasteiger partial charge on any atom is -0.445 e. The first-order valence-electron chi connectivity index (χ1n) is 26.2. The number of benzene rings is 2. The maximum Gasteiger partial charge on any atom is 0.410 e. The molecule has 2 unspecified atom stereocenters. The second-order valence-corrected chi connectivity index (χ2v) is 19.5. The average Bonchev–Trinajstić information content (AvgIpc) is 3.61. The molecule has 3 aliphatic rings. The van der Waals surface area contributed by atoms with Crippen molar-refractivity contribution in [1.29, 1.82) is 0 Å². The number of imide groups is 1. The number of unbranched alkanes of at least 4 members (excludes halogenated alkanes) is 2. The van der Waals surface area contributed by atoms with E-state index in [1.54, 1.807) is 79.6 Å². The SMILES string of the molecule is CCCN(CCC)C(=O)C1=Cc2ccc(C(=O)Nc3cnc4c(c3)CN(C(=O)OCc3ccc(NC(=O)C(CCCNC(N)=O)NC(=O)C(NC(=O)CCCCCN5C(=O)C=CC5=O)C(C)C)cc3)CC4)cc2N=C(N)C1. The fraction of sp³-hybridized carbons (Fsp3) is 0.436. The maximum atomic E-state index is 13.7. The van der Waals surface area contributed by atoms with E-state index < -0.39 is 41.9 Å². The number of primary amides is 1. The smallest absolute Gasteiger partial charge is 0.410 e. The Morgan fingerprint density at radius 2 is 1.57 bits per heavy atom. The summed E-state index contributed by atoms with van der Waals surface area (Å²) in [4.78, 5) is 129. The summed E-state index contributed by atoms with van der Waals surface area (Å²) < 4.78 is 5.67. The number of nitrogens with zero attached hydrogens (tertiary/aromatic N) is 5. The van der Waals surface area contributed by atoms with Gasteiger partial charge >= 0.3 is 12.1 Å². The van der Waals surface area contributed by atoms with E-state index in [4.69, 9.17) is 16.2 Å². The molecule has 4 heterocycles. The number of carbonyl (C=O) groups is 9. The number of fused-ring (bicyclic) bond motifs is 2. The quantitative estimate of drug-likeness (QED) is 0.0438. The van der Waals surface area contributed by atoms with Crippen LogP contribution in [0, 0.1) is 5.92 Å². The molecule has 6 rings (SSSR count). The van der Waals surface area contributed by atoms with E-state index in [1.807, 2.05) is 18.7 Å². The van der Waals surface area contributed by atoms with Crippen molar-refractivity contribution in [2.24, 2.45) is 22.4 Å². The summed E-state index contributed by atoms with van der Waals surface area (Å²) in [5.74, 6) is -2.76. The van der Waals surface area contributed by atoms with Crippen LogP contribution in [0.15, 0.2) is 77.4 Å². The highest BCUT2D eigenvalue weighted by atomic mass is 16.6. The van der Waals surface area contributed by atoms with Crippen LogP contribution >= 0.6 is 0 Å². The number of pyridine rings is 1. The Bertz CT molecular complexity index is 2770. The molecule has 22 heteroatoms. The number of hydrogen-bond donors (Lipinski definition) is 7. The molecule has 3 aliphatic heterocycles. The minimum atomic E-state index is -1.06. The summed E-state index contributed by atoms with van der Waals surface area (Å²) in [5.41, 5.74) is 16.5. The van der Waals surface area contributed by atoms with Crippen LogP contribution in [0.4, 0.5) is 26.7 Å². The van der Waals surface area contributed by atoms with Gasteiger partial charge in [0.05, 0.1) is 24.1 Å². The number of nitrogens with one attached hydrogen (secondary N) is 5. The van der Waals surface area contributed by atoms with Crippen LogP contribution in [0.1, 0.15) is 118 Å². The fourth-order valence-corrected chi connectivity index (χ4v) is 8.94. The number of anilines is 2. The molecule has 0 aliphatic carbocycles. The van der Waals surface area contributed by atoms with Crippen LogP contribution < -0.4 is 38.1 Å². The van der Waals surface area contributed by atoms with Crippen LogP contribution in [0.2, 0.25) is 0 Å². The van der Waals surface area contributed by atoms with E-state index in [9.17, 15) is 43.2 Å². The predicted molar refractivity (Wildman–Crippen MR) is 289 cm³/mol. The van der Waals surface area contributed by atoms with E-state index in [-0.39, 0.29) is 87.3 Å². The van der Waals surface area contributed by atoms with Crippen molar-refractivity contribution >= 4 is 82.4 Å². The number of aromatic nitrogens is 1. The molecule has 0 radical (unpaired) electrons. The van der Waals surface area contributed by atoms with Crippen LogP contribution in [0.3, 0.4) is 0 Å². The minimum absolute atomic E-state index is 0.0724. The van der Waals surface area contributed by atoms with E-state index >= 15 is 0 Å². The van der Waals surface area contributed by atoms with E-state index in [0.717, 1.165) is 29.0 Å². The van der Waals surface area contributed by atoms with Gasteiger partial charge in [0.25, 0.3) is 17.7 Å². The van der Waals surface area contributed by atoms with Gasteiger partial charge in [-0.25, -0.2) is 14.6 Å². The number of rotatable bonds is 25. The lowest BCUT2D eigenvalue weighted by Crippen LogP contribution is -2.54. The third-order valence-corrected chi connectivity index (χ3v) is 13.0. The molecule has 3 aromatic rings. The monoisotopic (exact) mass is 1060 g/mol. The largest absolute Gasteiger partial charge is 0.445 e. The molecule has 0 saturated carbocycles. The molecule has 0 fully saturated rings. The summed E-state index contributed by atoms with van der Waals surface area (Å²) in [7, 11) is 0. The number of hydrogen-bond acceptors (Lipinski definition) is 13. The molecular weight excluding hydrogens is 989 g/mol. The van der Waals surface area contributed by atoms with Crippen molar-refractivity contribution in [2.75, 3.05) is 43.4 Å². The molecule has 1 aromatic heterocycles. The molecule has 0 bridgehead atoms. The molecular formula is C55H70N12O10. The van der Waals surface area contributed by atoms with E-state index in [2.05, 4.69) is 36.6 Å². The van der Waals surface area contributed by atoms with Crippen molar-refractivity contribution in [3.05, 3.63) is 100 Å². The van der Waals surface area contributed by atoms with Gasteiger partial charge in [-0.3, -0.25) is 43.4 Å². The summed E-state index contributed by atoms with van der Waals surface area (Å²) in [6, 6.07) is 10.7. The Kier molecular flexibility index (Phi) is 21.0. The first-order chi connectivity index (χ1) is 36.9. The number of aliphatic imine (C=N–C) groups is 1. The number of ether oxygens (including phenoxy) is 1. The lowest BCUT2D eigenvalue weighted by molar-refractivity contribution is -0.137. The second-order valence-electron chi connectivity index (χ2n) is 19.5. The Balaban J connectivity index is 0.990. The van der Waals surface area contributed by atoms with Crippen LogP contribution in [-0.4, -0.2) is 124 Å². The zero-order chi connectivity index (χ0) is 55.6. The zero-order valence-corrected chi connectivity index (χ0v) is 44.2. The summed E-state index contributed by atoms with van der Waals surface area (Å²) in [5, 5.41) is 13.7. The molecule has 0 saturated heterocycles. The van der Waals surface area contributed by atoms with Crippen LogP contribution in [0.25, 0.3) is 6.08 Å². The summed E-state index contributed by atoms with van der Waals surface area (Å²) >= 11 is 0. The molecule has 410 valence electrons. The predicted octanol–water partition coefficient (Wildman–Crippen LogP) is 4.95. The fourth-order valence-electron chi connectivity index (χ4n) is 8.94. The zero-order valence-electron chi connectivity index (χ0n) is 44.2.